The molecule has 75 heavy (non-hydrogen) atoms. The Morgan fingerprint density at radius 2 is 1.13 bits per heavy atom. The minimum absolute atomic E-state index is 0.0429. The van der Waals surface area contributed by atoms with Gasteiger partial charge in [-0.25, -0.2) is 0 Å². The molecule has 0 saturated carbocycles. The first-order chi connectivity index (χ1) is 35.9. The third-order valence-corrected chi connectivity index (χ3v) is 14.1. The number of phenols is 4. The number of benzene rings is 4. The maximum Gasteiger partial charge on any atom is 0.274 e. The van der Waals surface area contributed by atoms with E-state index in [2.05, 4.69) is 36.1 Å². The minimum atomic E-state index is -0.478. The van der Waals surface area contributed by atoms with Crippen molar-refractivity contribution in [3.63, 3.8) is 0 Å². The highest BCUT2D eigenvalue weighted by Crippen LogP contribution is 2.45. The molecule has 2 aliphatic heterocycles. The van der Waals surface area contributed by atoms with Gasteiger partial charge >= 0.3 is 0 Å². The lowest BCUT2D eigenvalue weighted by atomic mass is 9.91. The van der Waals surface area contributed by atoms with Gasteiger partial charge in [-0.15, -0.1) is 0 Å². The van der Waals surface area contributed by atoms with Crippen LogP contribution in [0.2, 0.25) is 0 Å². The van der Waals surface area contributed by atoms with Crippen LogP contribution < -0.4 is 16.0 Å². The molecule has 6 aromatic rings. The molecule has 2 aliphatic rings. The van der Waals surface area contributed by atoms with E-state index in [9.17, 15) is 39.6 Å². The van der Waals surface area contributed by atoms with Crippen molar-refractivity contribution in [2.45, 2.75) is 92.2 Å². The fourth-order valence-corrected chi connectivity index (χ4v) is 9.98. The molecule has 0 fully saturated rings. The average Bonchev–Trinajstić information content (AvgIpc) is 4.02. The Balaban J connectivity index is 0.917. The number of phenolic OH excluding ortho intramolecular Hbond substituents is 4. The summed E-state index contributed by atoms with van der Waals surface area (Å²) in [5.41, 5.74) is 8.48. The van der Waals surface area contributed by atoms with E-state index < -0.39 is 11.8 Å². The molecule has 0 radical (unpaired) electrons. The molecule has 4 heterocycles. The van der Waals surface area contributed by atoms with Crippen molar-refractivity contribution in [1.82, 2.24) is 41.0 Å². The second-order valence-corrected chi connectivity index (χ2v) is 20.2. The van der Waals surface area contributed by atoms with Crippen LogP contribution in [0, 0.1) is 0 Å². The van der Waals surface area contributed by atoms with Crippen molar-refractivity contribution in [2.24, 2.45) is 0 Å². The number of amides is 4. The van der Waals surface area contributed by atoms with Crippen molar-refractivity contribution in [3.05, 3.63) is 105 Å². The molecule has 0 bridgehead atoms. The van der Waals surface area contributed by atoms with Crippen LogP contribution in [0.4, 0.5) is 0 Å². The summed E-state index contributed by atoms with van der Waals surface area (Å²) in [5.74, 6) is -1.27. The van der Waals surface area contributed by atoms with Crippen LogP contribution in [0.25, 0.3) is 44.9 Å². The number of rotatable bonds is 19. The van der Waals surface area contributed by atoms with Crippen molar-refractivity contribution < 1.29 is 48.7 Å². The van der Waals surface area contributed by atoms with Crippen LogP contribution in [0.1, 0.15) is 121 Å². The minimum Gasteiger partial charge on any atom is -0.508 e. The van der Waals surface area contributed by atoms with Crippen LogP contribution in [0.3, 0.4) is 0 Å². The van der Waals surface area contributed by atoms with Crippen molar-refractivity contribution >= 4 is 23.6 Å². The summed E-state index contributed by atoms with van der Waals surface area (Å²) >= 11 is 0. The molecular formula is C57H68N8O10. The Morgan fingerprint density at radius 1 is 0.640 bits per heavy atom. The Labute approximate surface area is 436 Å². The van der Waals surface area contributed by atoms with Gasteiger partial charge in [-0.2, -0.15) is 0 Å². The quantitative estimate of drug-likeness (QED) is 0.0385. The smallest absolute Gasteiger partial charge is 0.274 e. The second-order valence-electron chi connectivity index (χ2n) is 20.2. The SMILES string of the molecule is CCNC(=O)c1noc(-c2cc(C(C)C)c(O)cc2O)c1-c1ccc2c(c1)CCN(CC(=O)N(C)CCCNC(=O)c1noc(-c3cc(C(C)C)c(O)cc3O)c1-c1ccc3c(c1)CCN(CCCNC(C)=O)C3)C2. The molecule has 4 aromatic carbocycles. The lowest BCUT2D eigenvalue weighted by Gasteiger charge is -2.30. The average molecular weight is 1030 g/mol. The highest BCUT2D eigenvalue weighted by molar-refractivity contribution is 6.04. The highest BCUT2D eigenvalue weighted by Gasteiger charge is 2.31. The van der Waals surface area contributed by atoms with Gasteiger partial charge in [-0.3, -0.25) is 29.0 Å². The number of nitrogens with zero attached hydrogens (tertiary/aromatic N) is 5. The number of aromatic hydroxyl groups is 4. The first-order valence-electron chi connectivity index (χ1n) is 25.8. The van der Waals surface area contributed by atoms with Crippen LogP contribution in [0.5, 0.6) is 23.0 Å². The van der Waals surface area contributed by atoms with E-state index in [1.807, 2.05) is 71.0 Å². The molecule has 0 saturated heterocycles. The highest BCUT2D eigenvalue weighted by atomic mass is 16.5. The van der Waals surface area contributed by atoms with E-state index in [4.69, 9.17) is 9.05 Å². The van der Waals surface area contributed by atoms with Crippen LogP contribution in [-0.2, 0) is 35.5 Å². The third-order valence-electron chi connectivity index (χ3n) is 14.1. The summed E-state index contributed by atoms with van der Waals surface area (Å²) < 4.78 is 11.7. The predicted molar refractivity (Wildman–Crippen MR) is 283 cm³/mol. The molecule has 0 atom stereocenters. The zero-order valence-electron chi connectivity index (χ0n) is 43.8. The summed E-state index contributed by atoms with van der Waals surface area (Å²) in [5, 5.41) is 60.3. The Hall–Kier alpha value is -7.70. The Morgan fingerprint density at radius 3 is 1.64 bits per heavy atom. The Kier molecular flexibility index (Phi) is 16.6. The number of aromatic nitrogens is 2. The van der Waals surface area contributed by atoms with Gasteiger partial charge < -0.3 is 50.3 Å². The fourth-order valence-electron chi connectivity index (χ4n) is 9.98. The lowest BCUT2D eigenvalue weighted by Crippen LogP contribution is -2.41. The largest absolute Gasteiger partial charge is 0.508 e. The van der Waals surface area contributed by atoms with Gasteiger partial charge in [-0.05, 0) is 101 Å². The van der Waals surface area contributed by atoms with Gasteiger partial charge in [0.05, 0.1) is 28.8 Å². The lowest BCUT2D eigenvalue weighted by molar-refractivity contribution is -0.131. The molecule has 396 valence electrons. The number of nitrogens with one attached hydrogen (secondary N) is 3. The van der Waals surface area contributed by atoms with Crippen LogP contribution in [-0.4, -0.2) is 128 Å². The van der Waals surface area contributed by atoms with Gasteiger partial charge in [0.1, 0.15) is 23.0 Å². The number of carbonyl (C=O) groups is 4. The van der Waals surface area contributed by atoms with E-state index in [0.717, 1.165) is 54.7 Å². The van der Waals surface area contributed by atoms with Gasteiger partial charge in [-0.1, -0.05) is 74.4 Å². The maximum absolute atomic E-state index is 14.0. The zero-order chi connectivity index (χ0) is 53.7. The molecule has 18 nitrogen and oxygen atoms in total. The second kappa shape index (κ2) is 23.2. The van der Waals surface area contributed by atoms with E-state index in [0.29, 0.717) is 90.1 Å². The van der Waals surface area contributed by atoms with Gasteiger partial charge in [0.25, 0.3) is 11.8 Å². The van der Waals surface area contributed by atoms with Gasteiger partial charge in [0.2, 0.25) is 11.8 Å². The van der Waals surface area contributed by atoms with E-state index in [-0.39, 0.29) is 82.6 Å². The Bertz CT molecular complexity index is 3100. The topological polar surface area (TPSA) is 247 Å². The molecule has 0 unspecified atom stereocenters. The van der Waals surface area contributed by atoms with E-state index in [1.165, 1.54) is 19.1 Å². The molecule has 8 rings (SSSR count). The van der Waals surface area contributed by atoms with Crippen LogP contribution in [0.15, 0.2) is 69.7 Å². The molecule has 0 aliphatic carbocycles. The maximum atomic E-state index is 14.0. The number of carbonyl (C=O) groups excluding carboxylic acids is 4. The number of fused-ring (bicyclic) bond motifs is 2. The van der Waals surface area contributed by atoms with E-state index >= 15 is 0 Å². The summed E-state index contributed by atoms with van der Waals surface area (Å²) in [6.45, 7) is 16.4. The summed E-state index contributed by atoms with van der Waals surface area (Å²) in [6, 6.07) is 17.8. The summed E-state index contributed by atoms with van der Waals surface area (Å²) in [4.78, 5) is 58.3. The van der Waals surface area contributed by atoms with E-state index in [1.54, 1.807) is 24.1 Å². The van der Waals surface area contributed by atoms with Crippen molar-refractivity contribution in [2.75, 3.05) is 59.4 Å². The molecule has 2 aromatic heterocycles. The number of hydrogen-bond donors (Lipinski definition) is 7. The third kappa shape index (κ3) is 12.0. The first-order valence-corrected chi connectivity index (χ1v) is 25.8. The molecule has 7 N–H and O–H groups in total. The molecule has 18 heteroatoms. The zero-order valence-corrected chi connectivity index (χ0v) is 43.8. The monoisotopic (exact) mass is 1020 g/mol. The number of likely N-dealkylation sites (N-methyl/N-ethyl adjacent to an activating group) is 1. The fraction of sp³-hybridized carbons (Fsp3) is 0.404. The summed E-state index contributed by atoms with van der Waals surface area (Å²) in [6.07, 6.45) is 2.70. The molecular weight excluding hydrogens is 957 g/mol. The van der Waals surface area contributed by atoms with Gasteiger partial charge in [0.15, 0.2) is 22.9 Å². The first kappa shape index (κ1) is 53.6. The normalized spacial score (nSPS) is 13.7. The molecule has 4 amide bonds. The summed E-state index contributed by atoms with van der Waals surface area (Å²) in [7, 11) is 1.74. The molecule has 0 spiro atoms. The van der Waals surface area contributed by atoms with Crippen molar-refractivity contribution in [1.29, 1.82) is 0 Å². The van der Waals surface area contributed by atoms with Crippen molar-refractivity contribution in [3.8, 4) is 67.9 Å². The van der Waals surface area contributed by atoms with Crippen LogP contribution >= 0.6 is 0 Å². The number of hydrogen-bond acceptors (Lipinski definition) is 14. The standard InChI is InChI=1S/C57H68N8O10/c1-8-58-56(72)52-50(54(74-61-52)43-25-41(32(2)3)45(67)27-47(43)69)37-12-14-40-30-65(22-16-36(40)24-37)31-49(71)63(7)19-9-18-60-57(73)53-51(55(75-62-53)44-26-42(33(4)5)46(68)28-48(44)70)38-11-13-39-29-64(21-15-35(39)23-38)20-10-17-59-34(6)66/h11-14,23-28,32-33,67-70H,8-10,15-22,29-31H2,1-7H3,(H,58,72)(H,59,66)(H,60,73). The van der Waals surface area contributed by atoms with Gasteiger partial charge in [0, 0.05) is 85.0 Å². The predicted octanol–water partition coefficient (Wildman–Crippen LogP) is 7.67.